The van der Waals surface area contributed by atoms with Gasteiger partial charge in [-0.25, -0.2) is 4.98 Å². The van der Waals surface area contributed by atoms with Crippen LogP contribution in [0.15, 0.2) is 52.2 Å². The molecule has 11 heteroatoms. The van der Waals surface area contributed by atoms with Gasteiger partial charge in [0, 0.05) is 61.2 Å². The Morgan fingerprint density at radius 1 is 1.10 bits per heavy atom. The first-order valence-corrected chi connectivity index (χ1v) is 16.9. The molecule has 1 saturated heterocycles. The lowest BCUT2D eigenvalue weighted by Crippen LogP contribution is -2.43. The molecule has 2 aliphatic rings. The number of nitrogens with two attached hydrogens (primary N) is 1. The smallest absolute Gasteiger partial charge is 0.241 e. The maximum Gasteiger partial charge on any atom is 0.241 e. The van der Waals surface area contributed by atoms with Crippen LogP contribution in [0.1, 0.15) is 57.4 Å². The van der Waals surface area contributed by atoms with Crippen LogP contribution in [-0.2, 0) is 16.1 Å². The van der Waals surface area contributed by atoms with Crippen LogP contribution in [0.2, 0.25) is 10.0 Å². The van der Waals surface area contributed by atoms with Crippen molar-refractivity contribution in [3.8, 4) is 11.3 Å². The molecule has 224 valence electrons. The lowest BCUT2D eigenvalue weighted by molar-refractivity contribution is -0.126. The fourth-order valence-electron chi connectivity index (χ4n) is 5.81. The minimum atomic E-state index is -0.489. The van der Waals surface area contributed by atoms with Crippen molar-refractivity contribution in [1.82, 2.24) is 14.2 Å². The molecule has 3 N–H and O–H groups in total. The zero-order valence-electron chi connectivity index (χ0n) is 23.7. The molecular weight excluding hydrogens is 609 g/mol. The van der Waals surface area contributed by atoms with Crippen LogP contribution in [0.25, 0.3) is 11.3 Å². The average molecular weight is 647 g/mol. The van der Waals surface area contributed by atoms with Crippen molar-refractivity contribution in [2.75, 3.05) is 18.4 Å². The number of thiazole rings is 1. The Balaban J connectivity index is 1.17. The minimum Gasteiger partial charge on any atom is -0.325 e. The van der Waals surface area contributed by atoms with Gasteiger partial charge < -0.3 is 11.1 Å². The van der Waals surface area contributed by atoms with Gasteiger partial charge in [-0.15, -0.1) is 11.3 Å². The summed E-state index contributed by atoms with van der Waals surface area (Å²) in [6.07, 6.45) is 7.32. The topological polar surface area (TPSA) is 91.6 Å². The number of benzene rings is 2. The predicted octanol–water partition coefficient (Wildman–Crippen LogP) is 7.48. The number of aromatic nitrogens is 1. The molecule has 3 aromatic rings. The van der Waals surface area contributed by atoms with Crippen LogP contribution in [0, 0.1) is 5.92 Å². The van der Waals surface area contributed by atoms with Gasteiger partial charge in [0.2, 0.25) is 11.8 Å². The van der Waals surface area contributed by atoms with E-state index in [0.29, 0.717) is 15.7 Å². The quantitative estimate of drug-likeness (QED) is 0.234. The number of hydrogen-bond donors (Lipinski definition) is 2. The third kappa shape index (κ3) is 8.07. The Bertz CT molecular complexity index is 1390. The highest BCUT2D eigenvalue weighted by molar-refractivity contribution is 7.99. The third-order valence-electron chi connectivity index (χ3n) is 8.14. The SMILES string of the molecule is CC(=O)N(Sc1nc(-c2cccc(NC(=O)[C@@H](N)C3CCCCC3)c2)cs1)C1CCN(Cc2ccc(Cl)c(Cl)c2)CC1. The summed E-state index contributed by atoms with van der Waals surface area (Å²) >= 11 is 15.2. The van der Waals surface area contributed by atoms with Crippen molar-refractivity contribution in [3.63, 3.8) is 0 Å². The van der Waals surface area contributed by atoms with E-state index in [0.717, 1.165) is 79.3 Å². The Labute approximate surface area is 266 Å². The fourth-order valence-corrected chi connectivity index (χ4v) is 8.04. The molecule has 1 aliphatic carbocycles. The van der Waals surface area contributed by atoms with Crippen LogP contribution >= 0.6 is 46.5 Å². The lowest BCUT2D eigenvalue weighted by atomic mass is 9.84. The summed E-state index contributed by atoms with van der Waals surface area (Å²) in [7, 11) is 0. The van der Waals surface area contributed by atoms with E-state index >= 15 is 0 Å². The number of nitrogens with one attached hydrogen (secondary N) is 1. The van der Waals surface area contributed by atoms with E-state index in [9.17, 15) is 9.59 Å². The molecule has 0 spiro atoms. The highest BCUT2D eigenvalue weighted by Crippen LogP contribution is 2.35. The second-order valence-corrected chi connectivity index (χ2v) is 14.1. The van der Waals surface area contributed by atoms with Crippen molar-refractivity contribution >= 4 is 64.0 Å². The first kappa shape index (κ1) is 31.3. The summed E-state index contributed by atoms with van der Waals surface area (Å²) in [6.45, 7) is 4.20. The van der Waals surface area contributed by atoms with Gasteiger partial charge in [-0.1, -0.05) is 60.7 Å². The number of likely N-dealkylation sites (tertiary alicyclic amines) is 1. The molecule has 1 aliphatic heterocycles. The van der Waals surface area contributed by atoms with E-state index in [-0.39, 0.29) is 23.8 Å². The molecule has 1 atom stereocenters. The van der Waals surface area contributed by atoms with E-state index < -0.39 is 6.04 Å². The van der Waals surface area contributed by atoms with Crippen LogP contribution in [0.5, 0.6) is 0 Å². The normalized spacial score (nSPS) is 17.6. The molecular formula is C31H37Cl2N5O2S2. The molecule has 0 radical (unpaired) electrons. The number of carbonyl (C=O) groups is 2. The molecule has 2 fully saturated rings. The van der Waals surface area contributed by atoms with Gasteiger partial charge in [0.05, 0.1) is 21.8 Å². The molecule has 2 amide bonds. The predicted molar refractivity (Wildman–Crippen MR) is 174 cm³/mol. The first-order valence-electron chi connectivity index (χ1n) is 14.5. The number of anilines is 1. The average Bonchev–Trinajstić information content (AvgIpc) is 3.47. The van der Waals surface area contributed by atoms with Gasteiger partial charge in [0.15, 0.2) is 4.34 Å². The van der Waals surface area contributed by atoms with Gasteiger partial charge in [0.25, 0.3) is 0 Å². The molecule has 1 aromatic heterocycles. The molecule has 1 saturated carbocycles. The summed E-state index contributed by atoms with van der Waals surface area (Å²) in [5.41, 5.74) is 9.87. The van der Waals surface area contributed by atoms with Gasteiger partial charge in [-0.2, -0.15) is 0 Å². The summed E-state index contributed by atoms with van der Waals surface area (Å²) in [6, 6.07) is 13.1. The lowest BCUT2D eigenvalue weighted by Gasteiger charge is -2.37. The summed E-state index contributed by atoms with van der Waals surface area (Å²) in [5, 5.41) is 6.14. The number of piperidine rings is 1. The first-order chi connectivity index (χ1) is 20.3. The molecule has 2 aromatic carbocycles. The monoisotopic (exact) mass is 645 g/mol. The van der Waals surface area contributed by atoms with Crippen molar-refractivity contribution in [1.29, 1.82) is 0 Å². The second kappa shape index (κ2) is 14.6. The third-order valence-corrected chi connectivity index (χ3v) is 11.0. The molecule has 0 bridgehead atoms. The van der Waals surface area contributed by atoms with E-state index in [2.05, 4.69) is 10.2 Å². The number of halogens is 2. The number of hydrogen-bond acceptors (Lipinski definition) is 7. The van der Waals surface area contributed by atoms with Crippen molar-refractivity contribution < 1.29 is 9.59 Å². The number of carbonyl (C=O) groups excluding carboxylic acids is 2. The highest BCUT2D eigenvalue weighted by Gasteiger charge is 2.29. The summed E-state index contributed by atoms with van der Waals surface area (Å²) < 4.78 is 2.69. The van der Waals surface area contributed by atoms with Crippen LogP contribution in [0.3, 0.4) is 0 Å². The Morgan fingerprint density at radius 2 is 1.86 bits per heavy atom. The van der Waals surface area contributed by atoms with Crippen LogP contribution < -0.4 is 11.1 Å². The van der Waals surface area contributed by atoms with Crippen molar-refractivity contribution in [3.05, 3.63) is 63.5 Å². The minimum absolute atomic E-state index is 0.0266. The van der Waals surface area contributed by atoms with Crippen LogP contribution in [0.4, 0.5) is 5.69 Å². The van der Waals surface area contributed by atoms with Crippen LogP contribution in [-0.4, -0.2) is 51.2 Å². The van der Waals surface area contributed by atoms with Gasteiger partial charge in [-0.3, -0.25) is 18.8 Å². The second-order valence-electron chi connectivity index (χ2n) is 11.2. The molecule has 2 heterocycles. The van der Waals surface area contributed by atoms with E-state index in [1.807, 2.05) is 52.1 Å². The fraction of sp³-hybridized carbons (Fsp3) is 0.452. The maximum absolute atomic E-state index is 12.8. The maximum atomic E-state index is 12.8. The number of nitrogens with zero attached hydrogens (tertiary/aromatic N) is 3. The van der Waals surface area contributed by atoms with Crippen molar-refractivity contribution in [2.24, 2.45) is 11.7 Å². The summed E-state index contributed by atoms with van der Waals surface area (Å²) in [4.78, 5) is 32.7. The standard InChI is InChI=1S/C31H37Cl2N5O2S2/c1-20(39)38(25-12-14-37(15-13-25)18-21-10-11-26(32)27(33)16-21)42-31-36-28(19-41-31)23-8-5-9-24(17-23)35-30(40)29(34)22-6-3-2-4-7-22/h5,8-11,16-17,19,22,25,29H,2-4,6-7,12-15,18,34H2,1H3,(H,35,40)/t29-/m0/s1. The Kier molecular flexibility index (Phi) is 10.8. The van der Waals surface area contributed by atoms with E-state index in [1.54, 1.807) is 6.92 Å². The molecule has 7 nitrogen and oxygen atoms in total. The van der Waals surface area contributed by atoms with E-state index in [1.165, 1.54) is 29.7 Å². The molecule has 5 rings (SSSR count). The summed E-state index contributed by atoms with van der Waals surface area (Å²) in [5.74, 6) is 0.145. The molecule has 42 heavy (non-hydrogen) atoms. The largest absolute Gasteiger partial charge is 0.325 e. The Morgan fingerprint density at radius 3 is 2.57 bits per heavy atom. The van der Waals surface area contributed by atoms with Gasteiger partial charge >= 0.3 is 0 Å². The highest BCUT2D eigenvalue weighted by atomic mass is 35.5. The van der Waals surface area contributed by atoms with Crippen molar-refractivity contribution in [2.45, 2.75) is 74.8 Å². The zero-order valence-corrected chi connectivity index (χ0v) is 26.9. The van der Waals surface area contributed by atoms with Gasteiger partial charge in [-0.05, 0) is 61.4 Å². The zero-order chi connectivity index (χ0) is 29.6. The number of rotatable bonds is 9. The Hall–Kier alpha value is -2.14. The van der Waals surface area contributed by atoms with E-state index in [4.69, 9.17) is 33.9 Å². The number of amides is 2. The molecule has 0 unspecified atom stereocenters. The van der Waals surface area contributed by atoms with Gasteiger partial charge in [0.1, 0.15) is 0 Å².